The van der Waals surface area contributed by atoms with E-state index in [-0.39, 0.29) is 5.78 Å². The molecule has 2 rings (SSSR count). The predicted molar refractivity (Wildman–Crippen MR) is 63.5 cm³/mol. The first-order valence-electron chi connectivity index (χ1n) is 4.53. The van der Waals surface area contributed by atoms with Crippen LogP contribution in [0.25, 0.3) is 11.0 Å². The van der Waals surface area contributed by atoms with Gasteiger partial charge in [-0.15, -0.1) is 0 Å². The molecule has 0 spiro atoms. The third-order valence-electron chi connectivity index (χ3n) is 2.13. The molecule has 0 aliphatic rings. The number of rotatable bonds is 2. The summed E-state index contributed by atoms with van der Waals surface area (Å²) in [5, 5.41) is 1.46. The number of carbonyl (C=O) groups excluding carboxylic acids is 1. The quantitative estimate of drug-likeness (QED) is 0.764. The maximum atomic E-state index is 11.4. The second-order valence-electron chi connectivity index (χ2n) is 3.19. The van der Waals surface area contributed by atoms with Gasteiger partial charge in [0.25, 0.3) is 0 Å². The second kappa shape index (κ2) is 3.99. The molecule has 0 unspecified atom stereocenters. The van der Waals surface area contributed by atoms with Crippen LogP contribution in [0.2, 0.25) is 5.02 Å². The number of fused-ring (bicyclic) bond motifs is 1. The van der Waals surface area contributed by atoms with Gasteiger partial charge in [-0.05, 0) is 34.1 Å². The number of hydrogen-bond donors (Lipinski definition) is 0. The third-order valence-corrected chi connectivity index (χ3v) is 2.94. The molecule has 0 fully saturated rings. The first kappa shape index (κ1) is 10.7. The minimum Gasteiger partial charge on any atom is -0.452 e. The van der Waals surface area contributed by atoms with Crippen molar-refractivity contribution in [2.75, 3.05) is 0 Å². The van der Waals surface area contributed by atoms with E-state index < -0.39 is 0 Å². The molecular formula is C11H8BrClO2. The van der Waals surface area contributed by atoms with E-state index in [2.05, 4.69) is 15.9 Å². The molecule has 1 aromatic heterocycles. The van der Waals surface area contributed by atoms with Crippen LogP contribution in [0.3, 0.4) is 0 Å². The Bertz CT molecular complexity index is 531. The fourth-order valence-electron chi connectivity index (χ4n) is 1.39. The highest BCUT2D eigenvalue weighted by Crippen LogP contribution is 2.31. The van der Waals surface area contributed by atoms with Gasteiger partial charge in [0, 0.05) is 16.8 Å². The lowest BCUT2D eigenvalue weighted by Gasteiger charge is -1.93. The fourth-order valence-corrected chi connectivity index (χ4v) is 2.30. The van der Waals surface area contributed by atoms with Crippen LogP contribution in [-0.2, 0) is 0 Å². The zero-order valence-corrected chi connectivity index (χ0v) is 10.4. The normalized spacial score (nSPS) is 10.9. The Kier molecular flexibility index (Phi) is 2.85. The van der Waals surface area contributed by atoms with Crippen LogP contribution in [0.5, 0.6) is 0 Å². The van der Waals surface area contributed by atoms with Gasteiger partial charge >= 0.3 is 0 Å². The van der Waals surface area contributed by atoms with Crippen molar-refractivity contribution in [3.63, 3.8) is 0 Å². The van der Waals surface area contributed by atoms with E-state index >= 15 is 0 Å². The Morgan fingerprint density at radius 1 is 1.47 bits per heavy atom. The molecule has 78 valence electrons. The summed E-state index contributed by atoms with van der Waals surface area (Å²) in [6.07, 6.45) is 0.436. The molecule has 0 amide bonds. The predicted octanol–water partition coefficient (Wildman–Crippen LogP) is 4.44. The maximum Gasteiger partial charge on any atom is 0.197 e. The van der Waals surface area contributed by atoms with Gasteiger partial charge in [0.1, 0.15) is 5.58 Å². The molecule has 0 bridgehead atoms. The monoisotopic (exact) mass is 286 g/mol. The number of halogens is 2. The van der Waals surface area contributed by atoms with E-state index in [1.165, 1.54) is 0 Å². The Labute approximate surface area is 100 Å². The number of furan rings is 1. The summed E-state index contributed by atoms with van der Waals surface area (Å²) >= 11 is 9.23. The molecule has 0 radical (unpaired) electrons. The third kappa shape index (κ3) is 1.94. The van der Waals surface area contributed by atoms with Gasteiger partial charge in [0.05, 0.1) is 4.47 Å². The summed E-state index contributed by atoms with van der Waals surface area (Å²) in [4.78, 5) is 11.4. The van der Waals surface area contributed by atoms with E-state index in [1.54, 1.807) is 25.1 Å². The van der Waals surface area contributed by atoms with E-state index in [9.17, 15) is 4.79 Å². The Hall–Kier alpha value is -0.800. The van der Waals surface area contributed by atoms with Crippen molar-refractivity contribution in [3.8, 4) is 0 Å². The maximum absolute atomic E-state index is 11.4. The molecule has 2 nitrogen and oxygen atoms in total. The van der Waals surface area contributed by atoms with Crippen LogP contribution in [0, 0.1) is 0 Å². The molecule has 0 saturated heterocycles. The van der Waals surface area contributed by atoms with Crippen molar-refractivity contribution in [2.24, 2.45) is 0 Å². The molecule has 0 atom stereocenters. The topological polar surface area (TPSA) is 30.2 Å². The first-order chi connectivity index (χ1) is 7.11. The second-order valence-corrected chi connectivity index (χ2v) is 4.48. The Morgan fingerprint density at radius 3 is 2.87 bits per heavy atom. The summed E-state index contributed by atoms with van der Waals surface area (Å²) in [6.45, 7) is 1.80. The summed E-state index contributed by atoms with van der Waals surface area (Å²) in [6, 6.07) is 5.24. The molecule has 1 heterocycles. The summed E-state index contributed by atoms with van der Waals surface area (Å²) in [7, 11) is 0. The van der Waals surface area contributed by atoms with Gasteiger partial charge in [0.15, 0.2) is 11.5 Å². The van der Waals surface area contributed by atoms with Crippen molar-refractivity contribution in [2.45, 2.75) is 13.3 Å². The van der Waals surface area contributed by atoms with Crippen molar-refractivity contribution in [1.29, 1.82) is 0 Å². The average Bonchev–Trinajstić information content (AvgIpc) is 2.60. The zero-order valence-electron chi connectivity index (χ0n) is 8.01. The average molecular weight is 288 g/mol. The fraction of sp³-hybridized carbons (Fsp3) is 0.182. The van der Waals surface area contributed by atoms with Crippen molar-refractivity contribution >= 4 is 44.3 Å². The van der Waals surface area contributed by atoms with E-state index in [1.807, 2.05) is 0 Å². The van der Waals surface area contributed by atoms with Gasteiger partial charge in [-0.1, -0.05) is 18.5 Å². The molecule has 15 heavy (non-hydrogen) atoms. The SMILES string of the molecule is CCC(=O)c1cc2cc(Cl)cc(Br)c2o1. The number of benzene rings is 1. The molecule has 0 aliphatic heterocycles. The Morgan fingerprint density at radius 2 is 2.20 bits per heavy atom. The van der Waals surface area contributed by atoms with Crippen LogP contribution in [0.1, 0.15) is 23.9 Å². The van der Waals surface area contributed by atoms with Crippen molar-refractivity contribution in [3.05, 3.63) is 33.5 Å². The van der Waals surface area contributed by atoms with Gasteiger partial charge in [0.2, 0.25) is 0 Å². The number of carbonyl (C=O) groups is 1. The molecule has 0 N–H and O–H groups in total. The summed E-state index contributed by atoms with van der Waals surface area (Å²) in [5.41, 5.74) is 0.663. The van der Waals surface area contributed by atoms with E-state index in [0.717, 1.165) is 9.86 Å². The van der Waals surface area contributed by atoms with Crippen LogP contribution < -0.4 is 0 Å². The van der Waals surface area contributed by atoms with E-state index in [0.29, 0.717) is 22.8 Å². The van der Waals surface area contributed by atoms with Crippen LogP contribution in [0.4, 0.5) is 0 Å². The molecular weight excluding hydrogens is 279 g/mol. The number of hydrogen-bond acceptors (Lipinski definition) is 2. The minimum atomic E-state index is -0.00535. The summed E-state index contributed by atoms with van der Waals surface area (Å²) in [5.74, 6) is 0.379. The van der Waals surface area contributed by atoms with Gasteiger partial charge in [-0.25, -0.2) is 0 Å². The highest BCUT2D eigenvalue weighted by molar-refractivity contribution is 9.10. The smallest absolute Gasteiger partial charge is 0.197 e. The highest BCUT2D eigenvalue weighted by atomic mass is 79.9. The zero-order chi connectivity index (χ0) is 11.0. The lowest BCUT2D eigenvalue weighted by atomic mass is 10.2. The highest BCUT2D eigenvalue weighted by Gasteiger charge is 2.12. The molecule has 2 aromatic rings. The van der Waals surface area contributed by atoms with Gasteiger partial charge in [-0.3, -0.25) is 4.79 Å². The lowest BCUT2D eigenvalue weighted by molar-refractivity contribution is 0.0963. The summed E-state index contributed by atoms with van der Waals surface area (Å²) < 4.78 is 6.22. The molecule has 1 aromatic carbocycles. The van der Waals surface area contributed by atoms with E-state index in [4.69, 9.17) is 16.0 Å². The number of Topliss-reactive ketones (excluding diaryl/α,β-unsaturated/α-hetero) is 1. The lowest BCUT2D eigenvalue weighted by Crippen LogP contribution is -1.92. The first-order valence-corrected chi connectivity index (χ1v) is 5.70. The van der Waals surface area contributed by atoms with Gasteiger partial charge < -0.3 is 4.42 Å². The molecule has 0 aliphatic carbocycles. The van der Waals surface area contributed by atoms with Crippen LogP contribution >= 0.6 is 27.5 Å². The van der Waals surface area contributed by atoms with Crippen LogP contribution in [-0.4, -0.2) is 5.78 Å². The molecule has 4 heteroatoms. The van der Waals surface area contributed by atoms with Crippen molar-refractivity contribution in [1.82, 2.24) is 0 Å². The standard InChI is InChI=1S/C11H8BrClO2/c1-2-9(14)10-4-6-3-7(13)5-8(12)11(6)15-10/h3-5H,2H2,1H3. The Balaban J connectivity index is 2.65. The number of ketones is 1. The van der Waals surface area contributed by atoms with Crippen molar-refractivity contribution < 1.29 is 9.21 Å². The van der Waals surface area contributed by atoms with Gasteiger partial charge in [-0.2, -0.15) is 0 Å². The minimum absolute atomic E-state index is 0.00535. The largest absolute Gasteiger partial charge is 0.452 e. The molecule has 0 saturated carbocycles. The van der Waals surface area contributed by atoms with Crippen LogP contribution in [0.15, 0.2) is 27.1 Å².